The highest BCUT2D eigenvalue weighted by atomic mass is 16.5. The fourth-order valence-corrected chi connectivity index (χ4v) is 1.48. The molecule has 5 heteroatoms. The van der Waals surface area contributed by atoms with E-state index in [1.807, 2.05) is 24.3 Å². The van der Waals surface area contributed by atoms with E-state index in [9.17, 15) is 0 Å². The minimum atomic E-state index is 0.00539. The lowest BCUT2D eigenvalue weighted by molar-refractivity contribution is 0.285. The van der Waals surface area contributed by atoms with Crippen molar-refractivity contribution in [2.75, 3.05) is 13.2 Å². The normalized spacial score (nSPS) is 10.6. The van der Waals surface area contributed by atoms with Crippen molar-refractivity contribution in [3.63, 3.8) is 0 Å². The molecule has 0 bridgehead atoms. The topological polar surface area (TPSA) is 68.4 Å². The first-order chi connectivity index (χ1) is 8.83. The maximum absolute atomic E-state index is 8.77. The van der Waals surface area contributed by atoms with E-state index in [0.29, 0.717) is 24.8 Å². The highest BCUT2D eigenvalue weighted by Crippen LogP contribution is 2.21. The Kier molecular flexibility index (Phi) is 4.30. The molecule has 2 aromatic rings. The molecular weight excluding hydrogens is 232 g/mol. The zero-order valence-electron chi connectivity index (χ0n) is 10.3. The number of hydrogen-bond donors (Lipinski definition) is 1. The molecule has 2 rings (SSSR count). The summed E-state index contributed by atoms with van der Waals surface area (Å²) in [4.78, 5) is 0. The maximum Gasteiger partial charge on any atom is 0.247 e. The van der Waals surface area contributed by atoms with Crippen LogP contribution in [0.5, 0.6) is 5.75 Å². The number of aliphatic hydroxyl groups is 1. The van der Waals surface area contributed by atoms with Gasteiger partial charge in [0.25, 0.3) is 0 Å². The van der Waals surface area contributed by atoms with Crippen LogP contribution in [0, 0.1) is 0 Å². The smallest absolute Gasteiger partial charge is 0.247 e. The monoisotopic (exact) mass is 248 g/mol. The Morgan fingerprint density at radius 3 is 2.67 bits per heavy atom. The van der Waals surface area contributed by atoms with Crippen LogP contribution in [0.25, 0.3) is 11.5 Å². The minimum Gasteiger partial charge on any atom is -0.494 e. The fraction of sp³-hybridized carbons (Fsp3) is 0.385. The molecule has 0 spiro atoms. The first-order valence-corrected chi connectivity index (χ1v) is 6.00. The Morgan fingerprint density at radius 2 is 2.00 bits per heavy atom. The van der Waals surface area contributed by atoms with Crippen molar-refractivity contribution in [1.82, 2.24) is 10.2 Å². The summed E-state index contributed by atoms with van der Waals surface area (Å²) >= 11 is 0. The van der Waals surface area contributed by atoms with Crippen molar-refractivity contribution in [3.8, 4) is 17.2 Å². The molecule has 0 aliphatic heterocycles. The van der Waals surface area contributed by atoms with E-state index in [1.165, 1.54) is 0 Å². The van der Waals surface area contributed by atoms with Crippen molar-refractivity contribution in [1.29, 1.82) is 0 Å². The Labute approximate surface area is 105 Å². The Bertz CT molecular complexity index is 479. The van der Waals surface area contributed by atoms with E-state index in [-0.39, 0.29) is 6.61 Å². The summed E-state index contributed by atoms with van der Waals surface area (Å²) in [6, 6.07) is 7.50. The first kappa shape index (κ1) is 12.6. The van der Waals surface area contributed by atoms with Gasteiger partial charge in [-0.3, -0.25) is 0 Å². The van der Waals surface area contributed by atoms with E-state index in [1.54, 1.807) is 0 Å². The first-order valence-electron chi connectivity index (χ1n) is 6.00. The third-order valence-electron chi connectivity index (χ3n) is 2.37. The molecule has 0 aliphatic rings. The molecule has 1 N–H and O–H groups in total. The fourth-order valence-electron chi connectivity index (χ4n) is 1.48. The Balaban J connectivity index is 2.07. The van der Waals surface area contributed by atoms with Crippen LogP contribution >= 0.6 is 0 Å². The van der Waals surface area contributed by atoms with Gasteiger partial charge in [-0.15, -0.1) is 10.2 Å². The third-order valence-corrected chi connectivity index (χ3v) is 2.37. The van der Waals surface area contributed by atoms with Gasteiger partial charge in [-0.1, -0.05) is 6.92 Å². The molecule has 96 valence electrons. The van der Waals surface area contributed by atoms with Gasteiger partial charge < -0.3 is 14.3 Å². The van der Waals surface area contributed by atoms with Gasteiger partial charge in [0.15, 0.2) is 0 Å². The number of benzene rings is 1. The standard InChI is InChI=1S/C13H16N2O3/c1-2-9-17-11-5-3-10(4-6-11)13-15-14-12(18-13)7-8-16/h3-6,16H,2,7-9H2,1H3. The Hall–Kier alpha value is -1.88. The average Bonchev–Trinajstić information content (AvgIpc) is 2.86. The summed E-state index contributed by atoms with van der Waals surface area (Å²) < 4.78 is 10.9. The summed E-state index contributed by atoms with van der Waals surface area (Å²) in [6.07, 6.45) is 1.36. The highest BCUT2D eigenvalue weighted by molar-refractivity contribution is 5.53. The summed E-state index contributed by atoms with van der Waals surface area (Å²) in [5.74, 6) is 1.73. The van der Waals surface area contributed by atoms with Gasteiger partial charge in [0.2, 0.25) is 11.8 Å². The number of aromatic nitrogens is 2. The van der Waals surface area contributed by atoms with Crippen molar-refractivity contribution in [2.24, 2.45) is 0 Å². The quantitative estimate of drug-likeness (QED) is 0.847. The molecular formula is C13H16N2O3. The molecule has 1 aromatic carbocycles. The predicted octanol–water partition coefficient (Wildman–Crippen LogP) is 2.06. The molecule has 18 heavy (non-hydrogen) atoms. The van der Waals surface area contributed by atoms with E-state index in [4.69, 9.17) is 14.3 Å². The van der Waals surface area contributed by atoms with Crippen LogP contribution in [0.3, 0.4) is 0 Å². The molecule has 1 heterocycles. The molecule has 0 saturated heterocycles. The molecule has 1 aromatic heterocycles. The van der Waals surface area contributed by atoms with Crippen LogP contribution < -0.4 is 4.74 Å². The molecule has 0 aliphatic carbocycles. The number of rotatable bonds is 6. The SMILES string of the molecule is CCCOc1ccc(-c2nnc(CCO)o2)cc1. The van der Waals surface area contributed by atoms with Crippen molar-refractivity contribution in [2.45, 2.75) is 19.8 Å². The van der Waals surface area contributed by atoms with Crippen LogP contribution in [0.2, 0.25) is 0 Å². The second kappa shape index (κ2) is 6.16. The molecule has 0 fully saturated rings. The van der Waals surface area contributed by atoms with Crippen LogP contribution in [0.1, 0.15) is 19.2 Å². The van der Waals surface area contributed by atoms with Crippen LogP contribution in [-0.2, 0) is 6.42 Å². The molecule has 0 saturated carbocycles. The number of aliphatic hydroxyl groups excluding tert-OH is 1. The van der Waals surface area contributed by atoms with E-state index < -0.39 is 0 Å². The summed E-state index contributed by atoms with van der Waals surface area (Å²) in [5, 5.41) is 16.5. The summed E-state index contributed by atoms with van der Waals surface area (Å²) in [5.41, 5.74) is 0.843. The van der Waals surface area contributed by atoms with Crippen LogP contribution in [0.4, 0.5) is 0 Å². The van der Waals surface area contributed by atoms with Crippen LogP contribution in [0.15, 0.2) is 28.7 Å². The molecule has 5 nitrogen and oxygen atoms in total. The number of ether oxygens (including phenoxy) is 1. The highest BCUT2D eigenvalue weighted by Gasteiger charge is 2.07. The largest absolute Gasteiger partial charge is 0.494 e. The second-order valence-electron chi connectivity index (χ2n) is 3.85. The predicted molar refractivity (Wildman–Crippen MR) is 66.3 cm³/mol. The average molecular weight is 248 g/mol. The summed E-state index contributed by atoms with van der Waals surface area (Å²) in [6.45, 7) is 2.78. The number of hydrogen-bond acceptors (Lipinski definition) is 5. The maximum atomic E-state index is 8.77. The molecule has 0 radical (unpaired) electrons. The second-order valence-corrected chi connectivity index (χ2v) is 3.85. The van der Waals surface area contributed by atoms with Gasteiger partial charge >= 0.3 is 0 Å². The lowest BCUT2D eigenvalue weighted by Gasteiger charge is -2.03. The molecule has 0 unspecified atom stereocenters. The van der Waals surface area contributed by atoms with Gasteiger partial charge in [-0.25, -0.2) is 0 Å². The van der Waals surface area contributed by atoms with Gasteiger partial charge in [-0.2, -0.15) is 0 Å². The van der Waals surface area contributed by atoms with Gasteiger partial charge in [0.1, 0.15) is 5.75 Å². The van der Waals surface area contributed by atoms with Crippen molar-refractivity contribution in [3.05, 3.63) is 30.2 Å². The lowest BCUT2D eigenvalue weighted by atomic mass is 10.2. The van der Waals surface area contributed by atoms with Gasteiger partial charge in [0.05, 0.1) is 13.2 Å². The van der Waals surface area contributed by atoms with Crippen molar-refractivity contribution < 1.29 is 14.3 Å². The zero-order chi connectivity index (χ0) is 12.8. The minimum absolute atomic E-state index is 0.00539. The molecule has 0 amide bonds. The molecule has 0 atom stereocenters. The summed E-state index contributed by atoms with van der Waals surface area (Å²) in [7, 11) is 0. The zero-order valence-corrected chi connectivity index (χ0v) is 10.3. The van der Waals surface area contributed by atoms with Crippen molar-refractivity contribution >= 4 is 0 Å². The Morgan fingerprint density at radius 1 is 1.22 bits per heavy atom. The van der Waals surface area contributed by atoms with Crippen LogP contribution in [-0.4, -0.2) is 28.5 Å². The van der Waals surface area contributed by atoms with Gasteiger partial charge in [-0.05, 0) is 30.7 Å². The van der Waals surface area contributed by atoms with E-state index in [2.05, 4.69) is 17.1 Å². The van der Waals surface area contributed by atoms with E-state index in [0.717, 1.165) is 17.7 Å². The number of nitrogens with zero attached hydrogens (tertiary/aromatic N) is 2. The van der Waals surface area contributed by atoms with Gasteiger partial charge in [0, 0.05) is 12.0 Å². The van der Waals surface area contributed by atoms with E-state index >= 15 is 0 Å². The third kappa shape index (κ3) is 3.07. The lowest BCUT2D eigenvalue weighted by Crippen LogP contribution is -1.94.